The van der Waals surface area contributed by atoms with Crippen molar-refractivity contribution in [2.75, 3.05) is 26.3 Å². The van der Waals surface area contributed by atoms with Gasteiger partial charge in [-0.3, -0.25) is 4.79 Å². The third-order valence-electron chi connectivity index (χ3n) is 14.5. The van der Waals surface area contributed by atoms with Crippen molar-refractivity contribution in [3.05, 3.63) is 108 Å². The Morgan fingerprint density at radius 1 is 0.425 bits per heavy atom. The van der Waals surface area contributed by atoms with Gasteiger partial charge in [-0.2, -0.15) is 0 Å². The number of unbranched alkanes of at least 4 members (excludes halogenated alkanes) is 28. The molecule has 3 aromatic carbocycles. The number of primary amides is 1. The van der Waals surface area contributed by atoms with Crippen LogP contribution in [-0.2, 0) is 19.0 Å². The SMILES string of the molecule is CCCCCCCCCCCCCCCCCNC(=O)OCCCC(SC(c1ccccc1)(c1ccccc1)c1ccccc1)C(CCCOC(=O)NCCCCCCCCCCCCCCCCC)C(N)=O. The smallest absolute Gasteiger partial charge is 0.407 e. The van der Waals surface area contributed by atoms with Crippen molar-refractivity contribution in [2.45, 2.75) is 242 Å². The second-order valence-electron chi connectivity index (χ2n) is 20.8. The number of hydrogen-bond acceptors (Lipinski definition) is 6. The number of benzene rings is 3. The van der Waals surface area contributed by atoms with Gasteiger partial charge < -0.3 is 25.8 Å². The molecule has 0 bridgehead atoms. The van der Waals surface area contributed by atoms with Crippen molar-refractivity contribution in [1.29, 1.82) is 0 Å². The van der Waals surface area contributed by atoms with E-state index in [1.54, 1.807) is 11.8 Å². The topological polar surface area (TPSA) is 120 Å². The van der Waals surface area contributed by atoms with Crippen molar-refractivity contribution in [3.8, 4) is 0 Å². The molecule has 0 saturated heterocycles. The summed E-state index contributed by atoms with van der Waals surface area (Å²) in [6.45, 7) is 6.17. The molecule has 410 valence electrons. The van der Waals surface area contributed by atoms with E-state index in [1.165, 1.54) is 167 Å². The summed E-state index contributed by atoms with van der Waals surface area (Å²) in [6, 6.07) is 31.4. The standard InChI is InChI=1S/C64H103N3O5S/c1-3-5-7-9-11-13-15-17-19-21-23-25-27-29-40-52-66-62(69)71-54-42-50-59(61(65)68)60(73-64(56-44-34-31-35-45-56,57-46-36-32-37-47-57)58-48-38-33-39-49-58)51-43-55-72-63(70)67-53-41-30-28-26-24-22-20-18-16-14-12-10-8-6-4-2/h31-39,44-49,59-60H,3-30,40-43,50-55H2,1-2H3,(H2,65,68)(H,66,69)(H,67,70). The maximum absolute atomic E-state index is 13.6. The summed E-state index contributed by atoms with van der Waals surface area (Å²) in [4.78, 5) is 39.2. The van der Waals surface area contributed by atoms with Crippen molar-refractivity contribution < 1.29 is 23.9 Å². The molecule has 0 aromatic heterocycles. The maximum atomic E-state index is 13.6. The Kier molecular flexibility index (Phi) is 37.5. The summed E-state index contributed by atoms with van der Waals surface area (Å²) in [7, 11) is 0. The van der Waals surface area contributed by atoms with Gasteiger partial charge in [0.25, 0.3) is 0 Å². The van der Waals surface area contributed by atoms with E-state index in [2.05, 4.69) is 97.3 Å². The van der Waals surface area contributed by atoms with Crippen molar-refractivity contribution in [3.63, 3.8) is 0 Å². The van der Waals surface area contributed by atoms with Gasteiger partial charge in [0.05, 0.1) is 18.0 Å². The molecule has 0 aliphatic rings. The Morgan fingerprint density at radius 3 is 1.01 bits per heavy atom. The van der Waals surface area contributed by atoms with Crippen LogP contribution in [0.2, 0.25) is 0 Å². The van der Waals surface area contributed by atoms with Crippen LogP contribution in [0, 0.1) is 5.92 Å². The van der Waals surface area contributed by atoms with Gasteiger partial charge in [-0.1, -0.05) is 285 Å². The van der Waals surface area contributed by atoms with Gasteiger partial charge >= 0.3 is 12.2 Å². The molecule has 0 radical (unpaired) electrons. The predicted octanol–water partition coefficient (Wildman–Crippen LogP) is 17.9. The number of rotatable bonds is 47. The maximum Gasteiger partial charge on any atom is 0.407 e. The van der Waals surface area contributed by atoms with E-state index in [0.717, 1.165) is 42.4 Å². The highest BCUT2D eigenvalue weighted by Gasteiger charge is 2.42. The van der Waals surface area contributed by atoms with E-state index >= 15 is 0 Å². The lowest BCUT2D eigenvalue weighted by molar-refractivity contribution is -0.122. The van der Waals surface area contributed by atoms with Crippen LogP contribution in [0.25, 0.3) is 0 Å². The number of alkyl carbamates (subject to hydrolysis) is 2. The van der Waals surface area contributed by atoms with Crippen LogP contribution in [0.5, 0.6) is 0 Å². The molecule has 9 heteroatoms. The van der Waals surface area contributed by atoms with Gasteiger partial charge in [0, 0.05) is 24.3 Å². The van der Waals surface area contributed by atoms with Gasteiger partial charge in [-0.25, -0.2) is 9.59 Å². The lowest BCUT2D eigenvalue weighted by Crippen LogP contribution is -2.37. The van der Waals surface area contributed by atoms with Gasteiger partial charge in [-0.15, -0.1) is 11.8 Å². The zero-order valence-corrected chi connectivity index (χ0v) is 47.0. The molecule has 3 amide bonds. The average Bonchev–Trinajstić information content (AvgIpc) is 3.41. The number of hydrogen-bond donors (Lipinski definition) is 3. The molecule has 0 saturated carbocycles. The number of ether oxygens (including phenoxy) is 2. The minimum absolute atomic E-state index is 0.190. The summed E-state index contributed by atoms with van der Waals surface area (Å²) < 4.78 is 10.7. The van der Waals surface area contributed by atoms with Crippen molar-refractivity contribution in [1.82, 2.24) is 10.6 Å². The molecule has 8 nitrogen and oxygen atoms in total. The predicted molar refractivity (Wildman–Crippen MR) is 310 cm³/mol. The first-order valence-corrected chi connectivity index (χ1v) is 30.7. The minimum Gasteiger partial charge on any atom is -0.450 e. The fourth-order valence-corrected chi connectivity index (χ4v) is 12.2. The number of carbonyl (C=O) groups excluding carboxylic acids is 3. The quantitative estimate of drug-likeness (QED) is 0.0383. The second-order valence-corrected chi connectivity index (χ2v) is 22.2. The lowest BCUT2D eigenvalue weighted by Gasteiger charge is -2.40. The van der Waals surface area contributed by atoms with E-state index in [4.69, 9.17) is 15.2 Å². The van der Waals surface area contributed by atoms with E-state index in [1.807, 2.05) is 18.2 Å². The van der Waals surface area contributed by atoms with Crippen LogP contribution in [0.3, 0.4) is 0 Å². The van der Waals surface area contributed by atoms with Crippen LogP contribution in [0.1, 0.15) is 249 Å². The first-order chi connectivity index (χ1) is 35.9. The third kappa shape index (κ3) is 29.1. The van der Waals surface area contributed by atoms with E-state index in [9.17, 15) is 14.4 Å². The molecular weight excluding hydrogens is 923 g/mol. The highest BCUT2D eigenvalue weighted by atomic mass is 32.2. The van der Waals surface area contributed by atoms with Crippen LogP contribution in [-0.4, -0.2) is 49.6 Å². The van der Waals surface area contributed by atoms with Crippen molar-refractivity contribution in [2.24, 2.45) is 11.7 Å². The lowest BCUT2D eigenvalue weighted by atomic mass is 9.84. The Morgan fingerprint density at radius 2 is 0.712 bits per heavy atom. The van der Waals surface area contributed by atoms with E-state index < -0.39 is 22.9 Å². The van der Waals surface area contributed by atoms with Crippen LogP contribution in [0.4, 0.5) is 9.59 Å². The average molecular weight is 1030 g/mol. The highest BCUT2D eigenvalue weighted by Crippen LogP contribution is 2.52. The molecule has 3 aromatic rings. The first-order valence-electron chi connectivity index (χ1n) is 29.9. The molecule has 0 aliphatic carbocycles. The fraction of sp³-hybridized carbons (Fsp3) is 0.672. The zero-order chi connectivity index (χ0) is 52.1. The van der Waals surface area contributed by atoms with E-state index in [0.29, 0.717) is 38.8 Å². The van der Waals surface area contributed by atoms with Crippen LogP contribution < -0.4 is 16.4 Å². The fourth-order valence-electron chi connectivity index (χ4n) is 10.2. The Hall–Kier alpha value is -3.98. The van der Waals surface area contributed by atoms with Gasteiger partial charge in [-0.05, 0) is 55.2 Å². The van der Waals surface area contributed by atoms with Crippen molar-refractivity contribution >= 4 is 29.9 Å². The molecule has 0 aliphatic heterocycles. The number of amides is 3. The van der Waals surface area contributed by atoms with Gasteiger partial charge in [0.15, 0.2) is 0 Å². The largest absolute Gasteiger partial charge is 0.450 e. The molecule has 73 heavy (non-hydrogen) atoms. The van der Waals surface area contributed by atoms with E-state index in [-0.39, 0.29) is 24.4 Å². The molecule has 2 atom stereocenters. The summed E-state index contributed by atoms with van der Waals surface area (Å²) in [6.07, 6.45) is 40.3. The Bertz CT molecular complexity index is 1670. The summed E-state index contributed by atoms with van der Waals surface area (Å²) in [5.74, 6) is -0.924. The molecule has 0 fully saturated rings. The molecular formula is C64H103N3O5S. The van der Waals surface area contributed by atoms with Gasteiger partial charge in [0.2, 0.25) is 5.91 Å². The summed E-state index contributed by atoms with van der Waals surface area (Å²) in [5, 5.41) is 5.62. The number of thioether (sulfide) groups is 1. The normalized spacial score (nSPS) is 12.3. The third-order valence-corrected chi connectivity index (χ3v) is 16.5. The minimum atomic E-state index is -0.684. The molecule has 0 spiro atoms. The number of nitrogens with two attached hydrogens (primary N) is 1. The molecule has 0 heterocycles. The van der Waals surface area contributed by atoms with Gasteiger partial charge in [0.1, 0.15) is 0 Å². The summed E-state index contributed by atoms with van der Waals surface area (Å²) in [5.41, 5.74) is 9.60. The zero-order valence-electron chi connectivity index (χ0n) is 46.2. The molecule has 2 unspecified atom stereocenters. The number of carbonyl (C=O) groups is 3. The molecule has 3 rings (SSSR count). The Balaban J connectivity index is 1.48. The molecule has 4 N–H and O–H groups in total. The van der Waals surface area contributed by atoms with Crippen LogP contribution in [0.15, 0.2) is 91.0 Å². The Labute approximate surface area is 450 Å². The monoisotopic (exact) mass is 1030 g/mol. The summed E-state index contributed by atoms with van der Waals surface area (Å²) >= 11 is 1.74. The second kappa shape index (κ2) is 43.3. The van der Waals surface area contributed by atoms with Crippen LogP contribution >= 0.6 is 11.8 Å². The number of nitrogens with one attached hydrogen (secondary N) is 2. The first kappa shape index (κ1) is 63.3. The highest BCUT2D eigenvalue weighted by molar-refractivity contribution is 8.01.